The van der Waals surface area contributed by atoms with E-state index in [-0.39, 0.29) is 11.1 Å². The summed E-state index contributed by atoms with van der Waals surface area (Å²) < 4.78 is 1.49. The lowest BCUT2D eigenvalue weighted by molar-refractivity contribution is 0.0995. The highest BCUT2D eigenvalue weighted by Gasteiger charge is 2.22. The molecule has 0 aliphatic rings. The molecule has 2 aromatic heterocycles. The van der Waals surface area contributed by atoms with E-state index >= 15 is 0 Å². The van der Waals surface area contributed by atoms with Gasteiger partial charge in [-0.05, 0) is 13.0 Å². The SMILES string of the molecule is Cc1c(NN)nc(C(C)(C)C)nc1-n1ccc(C(N)=O)n1. The average Bonchev–Trinajstić information content (AvgIpc) is 2.87. The van der Waals surface area contributed by atoms with Crippen LogP contribution in [0.4, 0.5) is 5.82 Å². The molecule has 21 heavy (non-hydrogen) atoms. The molecule has 8 heteroatoms. The Hall–Kier alpha value is -2.48. The first-order chi connectivity index (χ1) is 9.74. The van der Waals surface area contributed by atoms with Gasteiger partial charge in [-0.3, -0.25) is 4.79 Å². The summed E-state index contributed by atoms with van der Waals surface area (Å²) in [5, 5.41) is 4.12. The Bertz CT molecular complexity index is 684. The van der Waals surface area contributed by atoms with Crippen LogP contribution in [0.1, 0.15) is 42.6 Å². The highest BCUT2D eigenvalue weighted by Crippen LogP contribution is 2.24. The maximum atomic E-state index is 11.2. The van der Waals surface area contributed by atoms with Crippen molar-refractivity contribution in [3.63, 3.8) is 0 Å². The first kappa shape index (κ1) is 14.9. The first-order valence-corrected chi connectivity index (χ1v) is 6.45. The van der Waals surface area contributed by atoms with Crippen LogP contribution in [0, 0.1) is 6.92 Å². The molecule has 0 unspecified atom stereocenters. The fourth-order valence-corrected chi connectivity index (χ4v) is 1.78. The molecule has 0 spiro atoms. The highest BCUT2D eigenvalue weighted by molar-refractivity contribution is 5.90. The minimum absolute atomic E-state index is 0.174. The van der Waals surface area contributed by atoms with E-state index in [1.54, 1.807) is 6.20 Å². The zero-order chi connectivity index (χ0) is 15.8. The van der Waals surface area contributed by atoms with Crippen molar-refractivity contribution in [2.24, 2.45) is 11.6 Å². The molecule has 0 aliphatic carbocycles. The molecular formula is C13H19N7O. The monoisotopic (exact) mass is 289 g/mol. The number of rotatable bonds is 3. The Labute approximate surface area is 122 Å². The van der Waals surface area contributed by atoms with Crippen LogP contribution in [0.15, 0.2) is 12.3 Å². The van der Waals surface area contributed by atoms with E-state index in [2.05, 4.69) is 20.5 Å². The van der Waals surface area contributed by atoms with Gasteiger partial charge in [0.25, 0.3) is 5.91 Å². The van der Waals surface area contributed by atoms with Crippen molar-refractivity contribution in [2.75, 3.05) is 5.43 Å². The molecule has 0 aromatic carbocycles. The number of carbonyl (C=O) groups is 1. The summed E-state index contributed by atoms with van der Waals surface area (Å²) in [5.74, 6) is 6.61. The number of aromatic nitrogens is 4. The van der Waals surface area contributed by atoms with E-state index in [1.165, 1.54) is 10.7 Å². The van der Waals surface area contributed by atoms with Crippen molar-refractivity contribution in [3.05, 3.63) is 29.3 Å². The van der Waals surface area contributed by atoms with Crippen LogP contribution in [0.5, 0.6) is 0 Å². The van der Waals surface area contributed by atoms with Crippen LogP contribution < -0.4 is 17.0 Å². The molecular weight excluding hydrogens is 270 g/mol. The third kappa shape index (κ3) is 2.84. The van der Waals surface area contributed by atoms with E-state index in [0.717, 1.165) is 5.56 Å². The lowest BCUT2D eigenvalue weighted by Crippen LogP contribution is -2.22. The Kier molecular flexibility index (Phi) is 3.65. The van der Waals surface area contributed by atoms with Crippen LogP contribution >= 0.6 is 0 Å². The normalized spacial score (nSPS) is 11.5. The topological polar surface area (TPSA) is 125 Å². The van der Waals surface area contributed by atoms with Crippen LogP contribution in [0.25, 0.3) is 5.82 Å². The van der Waals surface area contributed by atoms with Gasteiger partial charge in [-0.2, -0.15) is 5.10 Å². The highest BCUT2D eigenvalue weighted by atomic mass is 16.1. The predicted molar refractivity (Wildman–Crippen MR) is 78.9 cm³/mol. The summed E-state index contributed by atoms with van der Waals surface area (Å²) in [7, 11) is 0. The number of amides is 1. The summed E-state index contributed by atoms with van der Waals surface area (Å²) in [4.78, 5) is 20.1. The summed E-state index contributed by atoms with van der Waals surface area (Å²) in [6, 6.07) is 1.54. The lowest BCUT2D eigenvalue weighted by Gasteiger charge is -2.20. The Morgan fingerprint density at radius 3 is 2.48 bits per heavy atom. The third-order valence-corrected chi connectivity index (χ3v) is 2.99. The maximum Gasteiger partial charge on any atom is 0.269 e. The molecule has 5 N–H and O–H groups in total. The smallest absolute Gasteiger partial charge is 0.269 e. The van der Waals surface area contributed by atoms with Crippen molar-refractivity contribution in [3.8, 4) is 5.82 Å². The van der Waals surface area contributed by atoms with Crippen LogP contribution in [-0.2, 0) is 5.41 Å². The zero-order valence-corrected chi connectivity index (χ0v) is 12.5. The molecule has 0 radical (unpaired) electrons. The molecule has 0 saturated carbocycles. The fourth-order valence-electron chi connectivity index (χ4n) is 1.78. The number of carbonyl (C=O) groups excluding carboxylic acids is 1. The minimum Gasteiger partial charge on any atom is -0.364 e. The second-order valence-corrected chi connectivity index (χ2v) is 5.75. The van der Waals surface area contributed by atoms with Crippen molar-refractivity contribution < 1.29 is 4.79 Å². The van der Waals surface area contributed by atoms with Gasteiger partial charge < -0.3 is 11.2 Å². The standard InChI is InChI=1S/C13H19N7O/c1-7-10(18-15)16-12(13(2,3)4)17-11(7)20-6-5-8(19-20)9(14)21/h5-6H,15H2,1-4H3,(H2,14,21)(H,16,17,18). The molecule has 0 bridgehead atoms. The van der Waals surface area contributed by atoms with Gasteiger partial charge in [-0.15, -0.1) is 0 Å². The summed E-state index contributed by atoms with van der Waals surface area (Å²) in [5.41, 5.74) is 8.43. The maximum absolute atomic E-state index is 11.2. The first-order valence-electron chi connectivity index (χ1n) is 6.45. The number of nitrogens with zero attached hydrogens (tertiary/aromatic N) is 4. The molecule has 0 saturated heterocycles. The molecule has 0 fully saturated rings. The second-order valence-electron chi connectivity index (χ2n) is 5.75. The largest absolute Gasteiger partial charge is 0.364 e. The van der Waals surface area contributed by atoms with Crippen molar-refractivity contribution in [2.45, 2.75) is 33.1 Å². The average molecular weight is 289 g/mol. The molecule has 2 aromatic rings. The summed E-state index contributed by atoms with van der Waals surface area (Å²) in [6.07, 6.45) is 1.63. The molecule has 2 rings (SSSR count). The second kappa shape index (κ2) is 5.13. The minimum atomic E-state index is -0.589. The quantitative estimate of drug-likeness (QED) is 0.563. The predicted octanol–water partition coefficient (Wildman–Crippen LogP) is 0.653. The Morgan fingerprint density at radius 1 is 1.33 bits per heavy atom. The van der Waals surface area contributed by atoms with Crippen molar-refractivity contribution in [1.82, 2.24) is 19.7 Å². The van der Waals surface area contributed by atoms with E-state index in [1.807, 2.05) is 27.7 Å². The van der Waals surface area contributed by atoms with Gasteiger partial charge in [-0.25, -0.2) is 20.5 Å². The number of primary amides is 1. The van der Waals surface area contributed by atoms with Gasteiger partial charge in [0.05, 0.1) is 0 Å². The molecule has 0 atom stereocenters. The van der Waals surface area contributed by atoms with Crippen LogP contribution in [0.2, 0.25) is 0 Å². The summed E-state index contributed by atoms with van der Waals surface area (Å²) in [6.45, 7) is 7.82. The number of nitrogens with one attached hydrogen (secondary N) is 1. The molecule has 1 amide bonds. The number of hydrogen-bond acceptors (Lipinski definition) is 6. The van der Waals surface area contributed by atoms with E-state index in [4.69, 9.17) is 11.6 Å². The number of nitrogens with two attached hydrogens (primary N) is 2. The van der Waals surface area contributed by atoms with Gasteiger partial charge in [-0.1, -0.05) is 20.8 Å². The van der Waals surface area contributed by atoms with Crippen LogP contribution in [0.3, 0.4) is 0 Å². The molecule has 112 valence electrons. The zero-order valence-electron chi connectivity index (χ0n) is 12.5. The van der Waals surface area contributed by atoms with Gasteiger partial charge in [0, 0.05) is 17.2 Å². The molecule has 0 aliphatic heterocycles. The fraction of sp³-hybridized carbons (Fsp3) is 0.385. The van der Waals surface area contributed by atoms with Crippen molar-refractivity contribution in [1.29, 1.82) is 0 Å². The number of hydrogen-bond donors (Lipinski definition) is 3. The lowest BCUT2D eigenvalue weighted by atomic mass is 9.95. The van der Waals surface area contributed by atoms with Crippen LogP contribution in [-0.4, -0.2) is 25.7 Å². The molecule has 2 heterocycles. The number of hydrazine groups is 1. The summed E-state index contributed by atoms with van der Waals surface area (Å²) >= 11 is 0. The van der Waals surface area contributed by atoms with Gasteiger partial charge >= 0.3 is 0 Å². The van der Waals surface area contributed by atoms with Gasteiger partial charge in [0.15, 0.2) is 5.82 Å². The number of anilines is 1. The number of nitrogen functional groups attached to an aromatic ring is 1. The Morgan fingerprint density at radius 2 is 2.00 bits per heavy atom. The van der Waals surface area contributed by atoms with E-state index in [0.29, 0.717) is 17.5 Å². The molecule has 8 nitrogen and oxygen atoms in total. The van der Waals surface area contributed by atoms with Gasteiger partial charge in [0.2, 0.25) is 0 Å². The third-order valence-electron chi connectivity index (χ3n) is 2.99. The van der Waals surface area contributed by atoms with E-state index in [9.17, 15) is 4.79 Å². The van der Waals surface area contributed by atoms with Crippen molar-refractivity contribution >= 4 is 11.7 Å². The van der Waals surface area contributed by atoms with E-state index < -0.39 is 5.91 Å². The Balaban J connectivity index is 2.63. The van der Waals surface area contributed by atoms with Gasteiger partial charge in [0.1, 0.15) is 17.3 Å².